The number of hydrogen-bond donors (Lipinski definition) is 1. The van der Waals surface area contributed by atoms with Crippen molar-refractivity contribution in [1.82, 2.24) is 14.0 Å². The Morgan fingerprint density at radius 3 is 2.48 bits per heavy atom. The Hall–Kier alpha value is -2.41. The van der Waals surface area contributed by atoms with Gasteiger partial charge < -0.3 is 0 Å². The van der Waals surface area contributed by atoms with Crippen LogP contribution in [-0.4, -0.2) is 28.6 Å². The molecule has 0 aliphatic rings. The van der Waals surface area contributed by atoms with Crippen molar-refractivity contribution < 1.29 is 26.0 Å². The highest BCUT2D eigenvalue weighted by Crippen LogP contribution is 2.31. The van der Waals surface area contributed by atoms with E-state index in [4.69, 9.17) is 0 Å². The topological polar surface area (TPSA) is 85.5 Å². The Labute approximate surface area is 157 Å². The van der Waals surface area contributed by atoms with Crippen molar-refractivity contribution in [2.24, 2.45) is 0 Å². The van der Waals surface area contributed by atoms with Crippen LogP contribution in [0.25, 0.3) is 11.5 Å². The van der Waals surface area contributed by atoms with Gasteiger partial charge in [-0.25, -0.2) is 22.4 Å². The summed E-state index contributed by atoms with van der Waals surface area (Å²) in [5, 5.41) is 0. The molecular formula is C14H9BrF4N4O3S. The number of anilines is 1. The van der Waals surface area contributed by atoms with E-state index in [0.29, 0.717) is 15.0 Å². The summed E-state index contributed by atoms with van der Waals surface area (Å²) in [7, 11) is -3.74. The van der Waals surface area contributed by atoms with E-state index in [9.17, 15) is 30.8 Å². The van der Waals surface area contributed by atoms with E-state index in [0.717, 1.165) is 30.8 Å². The molecule has 1 aromatic carbocycles. The van der Waals surface area contributed by atoms with Crippen LogP contribution in [-0.2, 0) is 16.2 Å². The van der Waals surface area contributed by atoms with Gasteiger partial charge in [-0.3, -0.25) is 13.9 Å². The smallest absolute Gasteiger partial charge is 0.283 e. The van der Waals surface area contributed by atoms with E-state index in [-0.39, 0.29) is 10.2 Å². The molecule has 13 heteroatoms. The van der Waals surface area contributed by atoms with Crippen molar-refractivity contribution in [3.8, 4) is 5.69 Å². The third-order valence-electron chi connectivity index (χ3n) is 3.42. The number of benzene rings is 1. The monoisotopic (exact) mass is 468 g/mol. The fourth-order valence-corrected chi connectivity index (χ4v) is 3.54. The summed E-state index contributed by atoms with van der Waals surface area (Å²) >= 11 is 2.98. The molecule has 1 N–H and O–H groups in total. The molecule has 0 bridgehead atoms. The average Bonchev–Trinajstić information content (AvgIpc) is 2.96. The molecule has 0 radical (unpaired) electrons. The minimum Gasteiger partial charge on any atom is -0.283 e. The highest BCUT2D eigenvalue weighted by molar-refractivity contribution is 9.10. The quantitative estimate of drug-likeness (QED) is 0.599. The number of sulfonamides is 1. The first-order valence-electron chi connectivity index (χ1n) is 7.02. The van der Waals surface area contributed by atoms with Crippen LogP contribution in [0.3, 0.4) is 0 Å². The maximum Gasteiger partial charge on any atom is 0.432 e. The van der Waals surface area contributed by atoms with Crippen molar-refractivity contribution in [1.29, 1.82) is 0 Å². The van der Waals surface area contributed by atoms with Crippen LogP contribution in [0.1, 0.15) is 5.69 Å². The van der Waals surface area contributed by atoms with Gasteiger partial charge in [-0.1, -0.05) is 0 Å². The maximum absolute atomic E-state index is 14.5. The summed E-state index contributed by atoms with van der Waals surface area (Å²) in [6, 6.07) is 2.16. The van der Waals surface area contributed by atoms with Crippen molar-refractivity contribution in [3.05, 3.63) is 56.9 Å². The van der Waals surface area contributed by atoms with Gasteiger partial charge in [0.15, 0.2) is 0 Å². The molecule has 27 heavy (non-hydrogen) atoms. The van der Waals surface area contributed by atoms with Gasteiger partial charge in [-0.15, -0.1) is 0 Å². The minimum atomic E-state index is -4.83. The molecule has 2 heterocycles. The molecule has 0 aliphatic heterocycles. The number of hydrogen-bond acceptors (Lipinski definition) is 4. The largest absolute Gasteiger partial charge is 0.432 e. The molecule has 0 aliphatic carbocycles. The van der Waals surface area contributed by atoms with Crippen molar-refractivity contribution in [2.75, 3.05) is 11.0 Å². The van der Waals surface area contributed by atoms with Gasteiger partial charge in [-0.2, -0.15) is 13.2 Å². The number of halogens is 5. The van der Waals surface area contributed by atoms with E-state index in [1.807, 2.05) is 0 Å². The molecule has 0 saturated heterocycles. The van der Waals surface area contributed by atoms with Gasteiger partial charge in [0.05, 0.1) is 17.6 Å². The van der Waals surface area contributed by atoms with E-state index in [1.54, 1.807) is 0 Å². The molecule has 0 amide bonds. The highest BCUT2D eigenvalue weighted by atomic mass is 79.9. The summed E-state index contributed by atoms with van der Waals surface area (Å²) in [5.74, 6) is -1.46. The normalized spacial score (nSPS) is 12.5. The first kappa shape index (κ1) is 19.4. The zero-order chi connectivity index (χ0) is 20.1. The van der Waals surface area contributed by atoms with E-state index in [2.05, 4.69) is 25.6 Å². The van der Waals surface area contributed by atoms with Crippen molar-refractivity contribution in [3.63, 3.8) is 0 Å². The second-order valence-electron chi connectivity index (χ2n) is 5.46. The van der Waals surface area contributed by atoms with Gasteiger partial charge in [0.1, 0.15) is 11.5 Å². The van der Waals surface area contributed by atoms with Crippen LogP contribution >= 0.6 is 15.9 Å². The zero-order valence-corrected chi connectivity index (χ0v) is 15.7. The van der Waals surface area contributed by atoms with Crippen LogP contribution in [0.4, 0.5) is 23.2 Å². The van der Waals surface area contributed by atoms with Gasteiger partial charge in [0.25, 0.3) is 5.56 Å². The lowest BCUT2D eigenvalue weighted by atomic mass is 10.2. The fraction of sp³-hybridized carbons (Fsp3) is 0.143. The molecule has 0 spiro atoms. The Morgan fingerprint density at radius 2 is 1.89 bits per heavy atom. The van der Waals surface area contributed by atoms with Crippen molar-refractivity contribution in [2.45, 2.75) is 6.18 Å². The molecule has 3 rings (SSSR count). The second kappa shape index (κ2) is 6.34. The Bertz CT molecular complexity index is 1220. The number of nitrogens with one attached hydrogen (secondary N) is 1. The lowest BCUT2D eigenvalue weighted by Gasteiger charge is -2.15. The number of rotatable bonds is 3. The van der Waals surface area contributed by atoms with E-state index < -0.39 is 44.7 Å². The lowest BCUT2D eigenvalue weighted by Crippen LogP contribution is -2.26. The number of aromatic nitrogens is 3. The number of fused-ring (bicyclic) bond motifs is 1. The Morgan fingerprint density at radius 1 is 1.22 bits per heavy atom. The zero-order valence-electron chi connectivity index (χ0n) is 13.3. The first-order chi connectivity index (χ1) is 12.4. The van der Waals surface area contributed by atoms with Gasteiger partial charge in [-0.05, 0) is 28.1 Å². The average molecular weight is 469 g/mol. The van der Waals surface area contributed by atoms with Crippen LogP contribution in [0.2, 0.25) is 0 Å². The minimum absolute atomic E-state index is 0.0356. The molecule has 2 aromatic heterocycles. The molecule has 144 valence electrons. The summed E-state index contributed by atoms with van der Waals surface area (Å²) in [6.45, 7) is 0. The number of alkyl halides is 3. The van der Waals surface area contributed by atoms with Gasteiger partial charge in [0, 0.05) is 22.9 Å². The standard InChI is InChI=1S/C14H9BrF4N4O3S/c1-27(25,26)21-9-5-10(8(16)4-7(9)15)23-12(24)6-11(14(17,18)19)22-3-2-20-13(22)23/h2-6,21H,1H3. The van der Waals surface area contributed by atoms with Crippen LogP contribution in [0.5, 0.6) is 0 Å². The fourth-order valence-electron chi connectivity index (χ4n) is 2.43. The van der Waals surface area contributed by atoms with Crippen molar-refractivity contribution >= 4 is 37.4 Å². The van der Waals surface area contributed by atoms with Gasteiger partial charge in [0.2, 0.25) is 15.8 Å². The van der Waals surface area contributed by atoms with Crippen LogP contribution in [0.15, 0.2) is 39.9 Å². The summed E-state index contributed by atoms with van der Waals surface area (Å²) in [5.41, 5.74) is -3.04. The van der Waals surface area contributed by atoms with Crippen LogP contribution < -0.4 is 10.3 Å². The molecule has 7 nitrogen and oxygen atoms in total. The molecular weight excluding hydrogens is 460 g/mol. The summed E-state index contributed by atoms with van der Waals surface area (Å²) in [6.07, 6.45) is -1.98. The third-order valence-corrected chi connectivity index (χ3v) is 4.67. The predicted octanol–water partition coefficient (Wildman–Crippen LogP) is 2.78. The predicted molar refractivity (Wildman–Crippen MR) is 91.9 cm³/mol. The summed E-state index contributed by atoms with van der Waals surface area (Å²) in [4.78, 5) is 16.0. The second-order valence-corrected chi connectivity index (χ2v) is 8.06. The molecule has 0 fully saturated rings. The Balaban J connectivity index is 2.34. The first-order valence-corrected chi connectivity index (χ1v) is 9.70. The highest BCUT2D eigenvalue weighted by Gasteiger charge is 2.35. The lowest BCUT2D eigenvalue weighted by molar-refractivity contribution is -0.142. The maximum atomic E-state index is 14.5. The number of nitrogens with zero attached hydrogens (tertiary/aromatic N) is 3. The molecule has 0 unspecified atom stereocenters. The molecule has 0 atom stereocenters. The van der Waals surface area contributed by atoms with Crippen LogP contribution in [0, 0.1) is 5.82 Å². The van der Waals surface area contributed by atoms with E-state index >= 15 is 0 Å². The third kappa shape index (κ3) is 3.69. The molecule has 0 saturated carbocycles. The van der Waals surface area contributed by atoms with E-state index in [1.165, 1.54) is 0 Å². The Kier molecular flexibility index (Phi) is 4.54. The van der Waals surface area contributed by atoms with Gasteiger partial charge >= 0.3 is 6.18 Å². The SMILES string of the molecule is CS(=O)(=O)Nc1cc(-n2c(=O)cc(C(F)(F)F)n3ccnc23)c(F)cc1Br. The number of imidazole rings is 1. The molecule has 3 aromatic rings. The summed E-state index contributed by atoms with van der Waals surface area (Å²) < 4.78 is 80.1.